The summed E-state index contributed by atoms with van der Waals surface area (Å²) in [7, 11) is 0. The number of anilines is 1. The van der Waals surface area contributed by atoms with Gasteiger partial charge in [0.25, 0.3) is 5.91 Å². The Morgan fingerprint density at radius 2 is 1.70 bits per heavy atom. The molecule has 0 spiro atoms. The molecule has 2 aromatic carbocycles. The molecule has 4 heteroatoms. The van der Waals surface area contributed by atoms with E-state index in [1.807, 2.05) is 55.5 Å². The van der Waals surface area contributed by atoms with E-state index in [4.69, 9.17) is 4.74 Å². The van der Waals surface area contributed by atoms with Crippen molar-refractivity contribution in [2.45, 2.75) is 20.0 Å². The van der Waals surface area contributed by atoms with Crippen molar-refractivity contribution in [3.8, 4) is 5.75 Å². The van der Waals surface area contributed by atoms with Crippen LogP contribution in [0.1, 0.15) is 12.5 Å². The van der Waals surface area contributed by atoms with Crippen LogP contribution < -0.4 is 10.1 Å². The monoisotopic (exact) mass is 333 g/mol. The lowest BCUT2D eigenvalue weighted by Crippen LogP contribution is -2.30. The number of carbonyl (C=O) groups excluding carboxylic acids is 1. The molecule has 0 saturated carbocycles. The minimum Gasteiger partial charge on any atom is -0.481 e. The number of benzene rings is 2. The summed E-state index contributed by atoms with van der Waals surface area (Å²) in [5.41, 5.74) is 1.93. The first-order chi connectivity index (χ1) is 9.54. The predicted octanol–water partition coefficient (Wildman–Crippen LogP) is 4.16. The number of nitrogens with one attached hydrogen (secondary N) is 1. The fourth-order valence-corrected chi connectivity index (χ4v) is 1.92. The summed E-state index contributed by atoms with van der Waals surface area (Å²) >= 11 is 3.36. The third-order valence-corrected chi connectivity index (χ3v) is 3.34. The fourth-order valence-electron chi connectivity index (χ4n) is 1.65. The van der Waals surface area contributed by atoms with Gasteiger partial charge in [-0.2, -0.15) is 0 Å². The number of aryl methyl sites for hydroxylation is 1. The lowest BCUT2D eigenvalue weighted by atomic mass is 10.2. The first-order valence-electron chi connectivity index (χ1n) is 6.34. The van der Waals surface area contributed by atoms with Gasteiger partial charge in [0.1, 0.15) is 5.75 Å². The summed E-state index contributed by atoms with van der Waals surface area (Å²) < 4.78 is 6.57. The quantitative estimate of drug-likeness (QED) is 0.912. The predicted molar refractivity (Wildman–Crippen MR) is 84.0 cm³/mol. The molecule has 0 aromatic heterocycles. The van der Waals surface area contributed by atoms with E-state index in [2.05, 4.69) is 21.2 Å². The first-order valence-corrected chi connectivity index (χ1v) is 7.13. The summed E-state index contributed by atoms with van der Waals surface area (Å²) in [5.74, 6) is 0.497. The smallest absolute Gasteiger partial charge is 0.265 e. The van der Waals surface area contributed by atoms with Gasteiger partial charge in [-0.1, -0.05) is 33.6 Å². The summed E-state index contributed by atoms with van der Waals surface area (Å²) in [6, 6.07) is 15.0. The molecule has 0 saturated heterocycles. The highest BCUT2D eigenvalue weighted by Crippen LogP contribution is 2.18. The SMILES string of the molecule is Cc1ccc(NC(=O)C(C)Oc2ccc(Br)cc2)cc1. The Labute approximate surface area is 127 Å². The summed E-state index contributed by atoms with van der Waals surface area (Å²) in [5, 5.41) is 2.83. The third-order valence-electron chi connectivity index (χ3n) is 2.81. The molecule has 2 rings (SSSR count). The van der Waals surface area contributed by atoms with Crippen LogP contribution in [0.2, 0.25) is 0 Å². The molecule has 1 atom stereocenters. The molecule has 3 nitrogen and oxygen atoms in total. The largest absolute Gasteiger partial charge is 0.481 e. The average Bonchev–Trinajstić information content (AvgIpc) is 2.44. The van der Waals surface area contributed by atoms with Crippen LogP contribution in [0.4, 0.5) is 5.69 Å². The van der Waals surface area contributed by atoms with Gasteiger partial charge in [0, 0.05) is 10.2 Å². The molecule has 0 radical (unpaired) electrons. The molecule has 1 amide bonds. The average molecular weight is 334 g/mol. The Kier molecular flexibility index (Phi) is 4.79. The van der Waals surface area contributed by atoms with Crippen molar-refractivity contribution < 1.29 is 9.53 Å². The number of halogens is 1. The third kappa shape index (κ3) is 4.10. The Hall–Kier alpha value is -1.81. The van der Waals surface area contributed by atoms with Crippen LogP contribution in [0.5, 0.6) is 5.75 Å². The van der Waals surface area contributed by atoms with Gasteiger partial charge < -0.3 is 10.1 Å². The Morgan fingerprint density at radius 1 is 1.10 bits per heavy atom. The van der Waals surface area contributed by atoms with Crippen molar-refractivity contribution in [1.82, 2.24) is 0 Å². The van der Waals surface area contributed by atoms with Crippen molar-refractivity contribution in [3.05, 3.63) is 58.6 Å². The second-order valence-electron chi connectivity index (χ2n) is 4.57. The van der Waals surface area contributed by atoms with Gasteiger partial charge in [-0.15, -0.1) is 0 Å². The van der Waals surface area contributed by atoms with E-state index >= 15 is 0 Å². The van der Waals surface area contributed by atoms with Crippen LogP contribution in [0, 0.1) is 6.92 Å². The van der Waals surface area contributed by atoms with Crippen molar-refractivity contribution in [3.63, 3.8) is 0 Å². The van der Waals surface area contributed by atoms with E-state index in [-0.39, 0.29) is 5.91 Å². The maximum absolute atomic E-state index is 12.0. The maximum Gasteiger partial charge on any atom is 0.265 e. The zero-order valence-electron chi connectivity index (χ0n) is 11.4. The molecule has 104 valence electrons. The second-order valence-corrected chi connectivity index (χ2v) is 5.48. The Bertz CT molecular complexity index is 578. The lowest BCUT2D eigenvalue weighted by Gasteiger charge is -2.14. The van der Waals surface area contributed by atoms with Gasteiger partial charge in [-0.3, -0.25) is 4.79 Å². The van der Waals surface area contributed by atoms with E-state index in [1.165, 1.54) is 0 Å². The van der Waals surface area contributed by atoms with E-state index in [0.717, 1.165) is 15.7 Å². The lowest BCUT2D eigenvalue weighted by molar-refractivity contribution is -0.122. The molecule has 0 aliphatic rings. The summed E-state index contributed by atoms with van der Waals surface area (Å²) in [6.45, 7) is 3.73. The highest BCUT2D eigenvalue weighted by Gasteiger charge is 2.14. The van der Waals surface area contributed by atoms with E-state index < -0.39 is 6.10 Å². The molecule has 0 aliphatic carbocycles. The molecular formula is C16H16BrNO2. The highest BCUT2D eigenvalue weighted by atomic mass is 79.9. The highest BCUT2D eigenvalue weighted by molar-refractivity contribution is 9.10. The van der Waals surface area contributed by atoms with E-state index in [9.17, 15) is 4.79 Å². The first kappa shape index (κ1) is 14.6. The van der Waals surface area contributed by atoms with Crippen LogP contribution in [0.15, 0.2) is 53.0 Å². The van der Waals surface area contributed by atoms with Gasteiger partial charge in [-0.25, -0.2) is 0 Å². The van der Waals surface area contributed by atoms with Crippen molar-refractivity contribution in [1.29, 1.82) is 0 Å². The van der Waals surface area contributed by atoms with E-state index in [1.54, 1.807) is 6.92 Å². The minimum absolute atomic E-state index is 0.170. The summed E-state index contributed by atoms with van der Waals surface area (Å²) in [4.78, 5) is 12.0. The number of hydrogen-bond donors (Lipinski definition) is 1. The van der Waals surface area contributed by atoms with Crippen LogP contribution in [-0.2, 0) is 4.79 Å². The van der Waals surface area contributed by atoms with Crippen LogP contribution in [0.3, 0.4) is 0 Å². The Balaban J connectivity index is 1.94. The number of amides is 1. The van der Waals surface area contributed by atoms with Gasteiger partial charge in [-0.05, 0) is 50.2 Å². The van der Waals surface area contributed by atoms with Gasteiger partial charge in [0.15, 0.2) is 6.10 Å². The molecule has 0 aliphatic heterocycles. The second kappa shape index (κ2) is 6.57. The maximum atomic E-state index is 12.0. The zero-order chi connectivity index (χ0) is 14.5. The van der Waals surface area contributed by atoms with Gasteiger partial charge in [0.2, 0.25) is 0 Å². The molecule has 1 unspecified atom stereocenters. The molecule has 1 N–H and O–H groups in total. The number of carbonyl (C=O) groups is 1. The number of hydrogen-bond acceptors (Lipinski definition) is 2. The van der Waals surface area contributed by atoms with Gasteiger partial charge >= 0.3 is 0 Å². The van der Waals surface area contributed by atoms with Gasteiger partial charge in [0.05, 0.1) is 0 Å². The molecule has 0 heterocycles. The number of rotatable bonds is 4. The molecule has 0 bridgehead atoms. The topological polar surface area (TPSA) is 38.3 Å². The fraction of sp³-hybridized carbons (Fsp3) is 0.188. The molecule has 20 heavy (non-hydrogen) atoms. The van der Waals surface area contributed by atoms with E-state index in [0.29, 0.717) is 5.75 Å². The molecule has 2 aromatic rings. The van der Waals surface area contributed by atoms with Crippen molar-refractivity contribution in [2.75, 3.05) is 5.32 Å². The van der Waals surface area contributed by atoms with Crippen molar-refractivity contribution >= 4 is 27.5 Å². The van der Waals surface area contributed by atoms with Crippen LogP contribution in [-0.4, -0.2) is 12.0 Å². The normalized spacial score (nSPS) is 11.8. The number of ether oxygens (including phenoxy) is 1. The van der Waals surface area contributed by atoms with Crippen LogP contribution >= 0.6 is 15.9 Å². The van der Waals surface area contributed by atoms with Crippen LogP contribution in [0.25, 0.3) is 0 Å². The molecule has 0 fully saturated rings. The standard InChI is InChI=1S/C16H16BrNO2/c1-11-3-7-14(8-4-11)18-16(19)12(2)20-15-9-5-13(17)6-10-15/h3-10,12H,1-2H3,(H,18,19). The minimum atomic E-state index is -0.558. The summed E-state index contributed by atoms with van der Waals surface area (Å²) in [6.07, 6.45) is -0.558. The zero-order valence-corrected chi connectivity index (χ0v) is 13.0. The van der Waals surface area contributed by atoms with Crippen molar-refractivity contribution in [2.24, 2.45) is 0 Å². The molecular weight excluding hydrogens is 318 g/mol. The Morgan fingerprint density at radius 3 is 2.30 bits per heavy atom.